The molecule has 0 atom stereocenters. The van der Waals surface area contributed by atoms with Crippen LogP contribution >= 0.6 is 0 Å². The predicted octanol–water partition coefficient (Wildman–Crippen LogP) is 1.76. The summed E-state index contributed by atoms with van der Waals surface area (Å²) in [6.07, 6.45) is 2.11. The van der Waals surface area contributed by atoms with Crippen molar-refractivity contribution in [3.05, 3.63) is 35.9 Å². The maximum atomic E-state index is 11.5. The first-order chi connectivity index (χ1) is 10.2. The fraction of sp³-hybridized carbons (Fsp3) is 0.562. The van der Waals surface area contributed by atoms with Crippen molar-refractivity contribution in [2.45, 2.75) is 32.0 Å². The number of benzene rings is 1. The number of carbonyl (C=O) groups is 1. The van der Waals surface area contributed by atoms with E-state index >= 15 is 0 Å². The van der Waals surface area contributed by atoms with E-state index in [-0.39, 0.29) is 12.2 Å². The van der Waals surface area contributed by atoms with Gasteiger partial charge < -0.3 is 20.1 Å². The Kier molecular flexibility index (Phi) is 6.50. The Morgan fingerprint density at radius 2 is 2.00 bits per heavy atom. The molecule has 0 spiro atoms. The second-order valence-corrected chi connectivity index (χ2v) is 5.41. The minimum atomic E-state index is -0.368. The largest absolute Gasteiger partial charge is 0.445 e. The fourth-order valence-electron chi connectivity index (χ4n) is 2.41. The van der Waals surface area contributed by atoms with E-state index in [2.05, 4.69) is 10.2 Å². The highest BCUT2D eigenvalue weighted by Gasteiger charge is 2.16. The van der Waals surface area contributed by atoms with Crippen molar-refractivity contribution in [2.24, 2.45) is 0 Å². The summed E-state index contributed by atoms with van der Waals surface area (Å²) in [5.74, 6) is 0. The minimum Gasteiger partial charge on any atom is -0.445 e. The van der Waals surface area contributed by atoms with Crippen LogP contribution in [0.5, 0.6) is 0 Å². The van der Waals surface area contributed by atoms with Crippen molar-refractivity contribution in [1.29, 1.82) is 0 Å². The maximum absolute atomic E-state index is 11.5. The van der Waals surface area contributed by atoms with Gasteiger partial charge in [-0.1, -0.05) is 30.3 Å². The smallest absolute Gasteiger partial charge is 0.407 e. The molecule has 5 nitrogen and oxygen atoms in total. The molecule has 0 radical (unpaired) electrons. The summed E-state index contributed by atoms with van der Waals surface area (Å²) >= 11 is 0. The van der Waals surface area contributed by atoms with Gasteiger partial charge >= 0.3 is 6.09 Å². The molecule has 21 heavy (non-hydrogen) atoms. The van der Waals surface area contributed by atoms with Crippen LogP contribution in [0.2, 0.25) is 0 Å². The topological polar surface area (TPSA) is 61.8 Å². The zero-order valence-electron chi connectivity index (χ0n) is 12.3. The Morgan fingerprint density at radius 1 is 1.29 bits per heavy atom. The summed E-state index contributed by atoms with van der Waals surface area (Å²) in [6.45, 7) is 3.76. The van der Waals surface area contributed by atoms with Gasteiger partial charge in [-0.15, -0.1) is 0 Å². The molecule has 2 rings (SSSR count). The summed E-state index contributed by atoms with van der Waals surface area (Å²) in [7, 11) is 0. The van der Waals surface area contributed by atoms with E-state index in [1.165, 1.54) is 0 Å². The molecule has 0 bridgehead atoms. The van der Waals surface area contributed by atoms with Gasteiger partial charge in [-0.05, 0) is 31.4 Å². The number of nitrogens with one attached hydrogen (secondary N) is 1. The van der Waals surface area contributed by atoms with Crippen molar-refractivity contribution in [1.82, 2.24) is 10.2 Å². The molecule has 1 saturated heterocycles. The predicted molar refractivity (Wildman–Crippen MR) is 80.9 cm³/mol. The average Bonchev–Trinajstić information content (AvgIpc) is 2.52. The van der Waals surface area contributed by atoms with Crippen LogP contribution in [0.25, 0.3) is 0 Å². The Labute approximate surface area is 125 Å². The molecule has 2 N–H and O–H groups in total. The number of piperidine rings is 1. The van der Waals surface area contributed by atoms with E-state index < -0.39 is 0 Å². The number of aliphatic hydroxyl groups excluding tert-OH is 1. The third kappa shape index (κ3) is 6.14. The van der Waals surface area contributed by atoms with Crippen LogP contribution in [0, 0.1) is 0 Å². The zero-order chi connectivity index (χ0) is 14.9. The van der Waals surface area contributed by atoms with Crippen LogP contribution in [0.1, 0.15) is 24.8 Å². The summed E-state index contributed by atoms with van der Waals surface area (Å²) in [6, 6.07) is 9.64. The summed E-state index contributed by atoms with van der Waals surface area (Å²) in [5, 5.41) is 12.2. The van der Waals surface area contributed by atoms with Gasteiger partial charge in [0, 0.05) is 19.6 Å². The lowest BCUT2D eigenvalue weighted by atomic mass is 10.1. The maximum Gasteiger partial charge on any atom is 0.407 e. The average molecular weight is 292 g/mol. The van der Waals surface area contributed by atoms with Gasteiger partial charge in [0.05, 0.1) is 6.10 Å². The number of hydrogen-bond acceptors (Lipinski definition) is 4. The van der Waals surface area contributed by atoms with Gasteiger partial charge in [0.1, 0.15) is 6.61 Å². The van der Waals surface area contributed by atoms with Gasteiger partial charge in [-0.2, -0.15) is 0 Å². The lowest BCUT2D eigenvalue weighted by Crippen LogP contribution is -2.37. The van der Waals surface area contributed by atoms with Crippen LogP contribution in [-0.4, -0.2) is 48.4 Å². The molecule has 0 aromatic heterocycles. The van der Waals surface area contributed by atoms with E-state index in [0.717, 1.165) is 44.5 Å². The first-order valence-corrected chi connectivity index (χ1v) is 7.59. The molecule has 1 amide bonds. The van der Waals surface area contributed by atoms with E-state index in [4.69, 9.17) is 4.74 Å². The molecular weight excluding hydrogens is 268 g/mol. The van der Waals surface area contributed by atoms with Gasteiger partial charge in [0.2, 0.25) is 0 Å². The number of ether oxygens (including phenoxy) is 1. The monoisotopic (exact) mass is 292 g/mol. The second-order valence-electron chi connectivity index (χ2n) is 5.41. The second kappa shape index (κ2) is 8.64. The van der Waals surface area contributed by atoms with Gasteiger partial charge in [0.15, 0.2) is 0 Å². The van der Waals surface area contributed by atoms with E-state index in [1.807, 2.05) is 30.3 Å². The van der Waals surface area contributed by atoms with Crippen molar-refractivity contribution >= 4 is 6.09 Å². The molecule has 0 aliphatic carbocycles. The zero-order valence-corrected chi connectivity index (χ0v) is 12.3. The Bertz CT molecular complexity index is 417. The SMILES string of the molecule is O=C(NCCCN1CCC(O)CC1)OCc1ccccc1. The van der Waals surface area contributed by atoms with Crippen molar-refractivity contribution < 1.29 is 14.6 Å². The normalized spacial score (nSPS) is 16.6. The summed E-state index contributed by atoms with van der Waals surface area (Å²) in [4.78, 5) is 13.9. The highest BCUT2D eigenvalue weighted by atomic mass is 16.5. The van der Waals surface area contributed by atoms with Crippen molar-refractivity contribution in [3.63, 3.8) is 0 Å². The summed E-state index contributed by atoms with van der Waals surface area (Å²) < 4.78 is 5.14. The molecule has 1 aliphatic rings. The number of hydrogen-bond donors (Lipinski definition) is 2. The third-order valence-corrected chi connectivity index (χ3v) is 3.69. The lowest BCUT2D eigenvalue weighted by molar-refractivity contribution is 0.0819. The van der Waals surface area contributed by atoms with Gasteiger partial charge in [0.25, 0.3) is 0 Å². The third-order valence-electron chi connectivity index (χ3n) is 3.69. The molecule has 116 valence electrons. The molecular formula is C16H24N2O3. The number of carbonyl (C=O) groups excluding carboxylic acids is 1. The van der Waals surface area contributed by atoms with E-state index in [0.29, 0.717) is 13.2 Å². The van der Waals surface area contributed by atoms with Crippen LogP contribution < -0.4 is 5.32 Å². The Balaban J connectivity index is 1.51. The van der Waals surface area contributed by atoms with Crippen LogP contribution in [-0.2, 0) is 11.3 Å². The van der Waals surface area contributed by atoms with Gasteiger partial charge in [-0.25, -0.2) is 4.79 Å². The Morgan fingerprint density at radius 3 is 2.71 bits per heavy atom. The number of alkyl carbamates (subject to hydrolysis) is 1. The number of rotatable bonds is 6. The van der Waals surface area contributed by atoms with Crippen LogP contribution in [0.4, 0.5) is 4.79 Å². The minimum absolute atomic E-state index is 0.132. The fourth-order valence-corrected chi connectivity index (χ4v) is 2.41. The van der Waals surface area contributed by atoms with Crippen molar-refractivity contribution in [2.75, 3.05) is 26.2 Å². The first kappa shape index (κ1) is 15.8. The molecule has 0 saturated carbocycles. The molecule has 1 aromatic rings. The molecule has 0 unspecified atom stereocenters. The molecule has 1 fully saturated rings. The highest BCUT2D eigenvalue weighted by Crippen LogP contribution is 2.09. The van der Waals surface area contributed by atoms with Crippen molar-refractivity contribution in [3.8, 4) is 0 Å². The molecule has 1 aliphatic heterocycles. The number of nitrogens with zero attached hydrogens (tertiary/aromatic N) is 1. The van der Waals surface area contributed by atoms with Crippen LogP contribution in [0.3, 0.4) is 0 Å². The Hall–Kier alpha value is -1.59. The van der Waals surface area contributed by atoms with E-state index in [1.54, 1.807) is 0 Å². The highest BCUT2D eigenvalue weighted by molar-refractivity contribution is 5.67. The first-order valence-electron chi connectivity index (χ1n) is 7.59. The number of aliphatic hydroxyl groups is 1. The lowest BCUT2D eigenvalue weighted by Gasteiger charge is -2.29. The quantitative estimate of drug-likeness (QED) is 0.784. The molecule has 5 heteroatoms. The molecule has 1 heterocycles. The summed E-state index contributed by atoms with van der Waals surface area (Å²) in [5.41, 5.74) is 0.986. The standard InChI is InChI=1S/C16H24N2O3/c19-15-7-11-18(12-8-15)10-4-9-17-16(20)21-13-14-5-2-1-3-6-14/h1-3,5-6,15,19H,4,7-13H2,(H,17,20). The van der Waals surface area contributed by atoms with Crippen LogP contribution in [0.15, 0.2) is 30.3 Å². The van der Waals surface area contributed by atoms with E-state index in [9.17, 15) is 9.90 Å². The molecule has 1 aromatic carbocycles. The number of likely N-dealkylation sites (tertiary alicyclic amines) is 1. The van der Waals surface area contributed by atoms with Gasteiger partial charge in [-0.3, -0.25) is 0 Å². The number of amides is 1.